The maximum absolute atomic E-state index is 14.2. The highest BCUT2D eigenvalue weighted by Gasteiger charge is 2.43. The Morgan fingerprint density at radius 2 is 1.44 bits per heavy atom. The van der Waals surface area contributed by atoms with E-state index in [1.165, 1.54) is 7.05 Å². The minimum absolute atomic E-state index is 0.0161. The van der Waals surface area contributed by atoms with Gasteiger partial charge in [0.2, 0.25) is 5.17 Å². The SMILES string of the molecule is CCCc1c(C2=C(O)CC(CCc3ccccc3)(CCc3ccccc3)OC2=O)cccc1N1C(S(=O)(=O)NC)=NCc2ccccc21. The van der Waals surface area contributed by atoms with Crippen molar-refractivity contribution in [1.82, 2.24) is 4.72 Å². The first-order valence-corrected chi connectivity index (χ1v) is 17.9. The Hall–Kier alpha value is -4.73. The van der Waals surface area contributed by atoms with Crippen molar-refractivity contribution in [3.8, 4) is 0 Å². The molecule has 4 aromatic rings. The minimum Gasteiger partial charge on any atom is -0.511 e. The number of anilines is 2. The number of carbonyl (C=O) groups excluding carboxylic acids is 1. The summed E-state index contributed by atoms with van der Waals surface area (Å²) in [5.74, 6) is -0.595. The quantitative estimate of drug-likeness (QED) is 0.162. The van der Waals surface area contributed by atoms with Gasteiger partial charge in [0.25, 0.3) is 10.0 Å². The molecule has 2 aliphatic heterocycles. The zero-order valence-corrected chi connectivity index (χ0v) is 28.2. The second kappa shape index (κ2) is 14.2. The smallest absolute Gasteiger partial charge is 0.342 e. The molecular formula is C39H41N3O5S. The van der Waals surface area contributed by atoms with Crippen LogP contribution in [0.15, 0.2) is 114 Å². The Balaban J connectivity index is 1.43. The number of para-hydroxylation sites is 1. The Labute approximate surface area is 282 Å². The molecule has 0 aromatic heterocycles. The number of nitrogens with zero attached hydrogens (tertiary/aromatic N) is 2. The van der Waals surface area contributed by atoms with Crippen molar-refractivity contribution in [3.05, 3.63) is 137 Å². The highest BCUT2D eigenvalue weighted by molar-refractivity contribution is 8.05. The van der Waals surface area contributed by atoms with Crippen LogP contribution in [0.5, 0.6) is 0 Å². The predicted octanol–water partition coefficient (Wildman–Crippen LogP) is 7.42. The first-order valence-electron chi connectivity index (χ1n) is 16.5. The number of ether oxygens (including phenoxy) is 1. The molecule has 2 heterocycles. The molecule has 0 saturated heterocycles. The second-order valence-corrected chi connectivity index (χ2v) is 14.1. The first-order chi connectivity index (χ1) is 23.2. The van der Waals surface area contributed by atoms with Gasteiger partial charge in [-0.2, -0.15) is 0 Å². The van der Waals surface area contributed by atoms with Gasteiger partial charge in [0, 0.05) is 6.42 Å². The number of aryl methyl sites for hydroxylation is 2. The fourth-order valence-corrected chi connectivity index (χ4v) is 7.60. The van der Waals surface area contributed by atoms with Gasteiger partial charge in [0.15, 0.2) is 0 Å². The van der Waals surface area contributed by atoms with Crippen molar-refractivity contribution in [1.29, 1.82) is 0 Å². The molecule has 0 fully saturated rings. The Morgan fingerprint density at radius 3 is 2.04 bits per heavy atom. The number of amidine groups is 1. The number of aliphatic imine (C=N–C) groups is 1. The fourth-order valence-electron chi connectivity index (χ4n) is 6.75. The first kappa shape index (κ1) is 33.2. The Bertz CT molecular complexity index is 1910. The summed E-state index contributed by atoms with van der Waals surface area (Å²) in [6.07, 6.45) is 3.91. The normalized spacial score (nSPS) is 15.9. The number of sulfonamides is 1. The lowest BCUT2D eigenvalue weighted by atomic mass is 9.81. The molecule has 0 amide bonds. The third kappa shape index (κ3) is 6.79. The van der Waals surface area contributed by atoms with Crippen LogP contribution in [0, 0.1) is 0 Å². The Morgan fingerprint density at radius 1 is 0.833 bits per heavy atom. The van der Waals surface area contributed by atoms with Crippen LogP contribution in [0.4, 0.5) is 11.4 Å². The van der Waals surface area contributed by atoms with Crippen LogP contribution >= 0.6 is 0 Å². The molecule has 8 nitrogen and oxygen atoms in total. The van der Waals surface area contributed by atoms with Crippen LogP contribution in [-0.2, 0) is 45.4 Å². The Kier molecular flexibility index (Phi) is 9.80. The minimum atomic E-state index is -3.95. The lowest BCUT2D eigenvalue weighted by Crippen LogP contribution is -2.42. The van der Waals surface area contributed by atoms with E-state index in [0.717, 1.165) is 22.3 Å². The summed E-state index contributed by atoms with van der Waals surface area (Å²) in [5, 5.41) is 11.7. The number of hydrogen-bond donors (Lipinski definition) is 2. The molecular weight excluding hydrogens is 623 g/mol. The number of aliphatic hydroxyl groups is 1. The average molecular weight is 664 g/mol. The number of benzene rings is 4. The van der Waals surface area contributed by atoms with E-state index in [1.54, 1.807) is 11.0 Å². The topological polar surface area (TPSA) is 108 Å². The van der Waals surface area contributed by atoms with Crippen LogP contribution in [-0.4, -0.2) is 37.3 Å². The maximum Gasteiger partial charge on any atom is 0.342 e. The van der Waals surface area contributed by atoms with Crippen molar-refractivity contribution in [2.45, 2.75) is 64.0 Å². The van der Waals surface area contributed by atoms with Gasteiger partial charge >= 0.3 is 5.97 Å². The molecule has 0 bridgehead atoms. The van der Waals surface area contributed by atoms with Gasteiger partial charge in [0.05, 0.1) is 17.9 Å². The van der Waals surface area contributed by atoms with Gasteiger partial charge in [0.1, 0.15) is 16.9 Å². The number of cyclic esters (lactones) is 1. The molecule has 0 spiro atoms. The number of esters is 1. The highest BCUT2D eigenvalue weighted by Crippen LogP contribution is 2.44. The molecule has 0 aliphatic carbocycles. The van der Waals surface area contributed by atoms with E-state index < -0.39 is 21.6 Å². The number of hydrogen-bond acceptors (Lipinski definition) is 7. The lowest BCUT2D eigenvalue weighted by molar-refractivity contribution is -0.157. The van der Waals surface area contributed by atoms with Crippen LogP contribution in [0.2, 0.25) is 0 Å². The summed E-state index contributed by atoms with van der Waals surface area (Å²) in [5.41, 5.74) is 4.91. The standard InChI is InChI=1S/C39H41N3O5S/c1-3-13-31-32(19-12-21-34(31)42-33-20-11-10-18-30(33)27-41-38(42)48(45,46)40-2)36-35(43)26-39(47-37(36)44,24-22-28-14-6-4-7-15-28)25-23-29-16-8-5-9-17-29/h4-12,14-21,40,43H,3,13,22-27H2,1-2H3. The molecule has 9 heteroatoms. The molecule has 0 unspecified atom stereocenters. The molecule has 4 aromatic carbocycles. The van der Waals surface area contributed by atoms with Gasteiger partial charge in [-0.1, -0.05) is 104 Å². The molecule has 0 radical (unpaired) electrons. The number of fused-ring (bicyclic) bond motifs is 1. The number of nitrogens with one attached hydrogen (secondary N) is 1. The maximum atomic E-state index is 14.2. The van der Waals surface area contributed by atoms with E-state index in [2.05, 4.69) is 34.0 Å². The van der Waals surface area contributed by atoms with Gasteiger partial charge in [-0.05, 0) is 79.1 Å². The van der Waals surface area contributed by atoms with E-state index in [1.807, 2.05) is 79.7 Å². The number of rotatable bonds is 11. The monoisotopic (exact) mass is 663 g/mol. The lowest BCUT2D eigenvalue weighted by Gasteiger charge is -2.38. The van der Waals surface area contributed by atoms with Crippen molar-refractivity contribution in [2.75, 3.05) is 11.9 Å². The van der Waals surface area contributed by atoms with Crippen molar-refractivity contribution >= 4 is 38.1 Å². The van der Waals surface area contributed by atoms with Crippen molar-refractivity contribution in [2.24, 2.45) is 4.99 Å². The van der Waals surface area contributed by atoms with Crippen LogP contribution in [0.3, 0.4) is 0 Å². The number of aliphatic hydroxyl groups excluding tert-OH is 1. The molecule has 6 rings (SSSR count). The van der Waals surface area contributed by atoms with Crippen LogP contribution in [0.25, 0.3) is 5.57 Å². The largest absolute Gasteiger partial charge is 0.511 e. The summed E-state index contributed by atoms with van der Waals surface area (Å²) in [6, 6.07) is 33.2. The molecule has 0 atom stereocenters. The van der Waals surface area contributed by atoms with Gasteiger partial charge in [-0.3, -0.25) is 9.89 Å². The second-order valence-electron chi connectivity index (χ2n) is 12.4. The molecule has 248 valence electrons. The van der Waals surface area contributed by atoms with Crippen molar-refractivity contribution < 1.29 is 23.1 Å². The van der Waals surface area contributed by atoms with E-state index >= 15 is 0 Å². The summed E-state index contributed by atoms with van der Waals surface area (Å²) in [7, 11) is -2.59. The molecule has 2 aliphatic rings. The van der Waals surface area contributed by atoms with Gasteiger partial charge < -0.3 is 9.84 Å². The van der Waals surface area contributed by atoms with E-state index in [4.69, 9.17) is 4.74 Å². The summed E-state index contributed by atoms with van der Waals surface area (Å²) in [6.45, 7) is 2.24. The summed E-state index contributed by atoms with van der Waals surface area (Å²) in [4.78, 5) is 20.3. The fraction of sp³-hybridized carbons (Fsp3) is 0.282. The van der Waals surface area contributed by atoms with Crippen LogP contribution in [0.1, 0.15) is 60.4 Å². The zero-order valence-electron chi connectivity index (χ0n) is 27.4. The third-order valence-corrected chi connectivity index (χ3v) is 10.5. The molecule has 0 saturated carbocycles. The zero-order chi connectivity index (χ0) is 33.7. The van der Waals surface area contributed by atoms with E-state index in [-0.39, 0.29) is 29.5 Å². The highest BCUT2D eigenvalue weighted by atomic mass is 32.2. The summed E-state index contributed by atoms with van der Waals surface area (Å²) < 4.78 is 35.4. The number of carbonyl (C=O) groups is 1. The average Bonchev–Trinajstić information content (AvgIpc) is 3.11. The molecule has 2 N–H and O–H groups in total. The third-order valence-electron chi connectivity index (χ3n) is 9.19. The predicted molar refractivity (Wildman–Crippen MR) is 191 cm³/mol. The van der Waals surface area contributed by atoms with E-state index in [9.17, 15) is 18.3 Å². The van der Waals surface area contributed by atoms with Gasteiger partial charge in [-0.25, -0.2) is 17.9 Å². The van der Waals surface area contributed by atoms with Crippen molar-refractivity contribution in [3.63, 3.8) is 0 Å². The van der Waals surface area contributed by atoms with Gasteiger partial charge in [-0.15, -0.1) is 0 Å². The van der Waals surface area contributed by atoms with E-state index in [0.29, 0.717) is 55.5 Å². The summed E-state index contributed by atoms with van der Waals surface area (Å²) >= 11 is 0. The van der Waals surface area contributed by atoms with Crippen LogP contribution < -0.4 is 9.62 Å². The molecule has 48 heavy (non-hydrogen) atoms.